The van der Waals surface area contributed by atoms with Crippen molar-refractivity contribution < 1.29 is 10.0 Å². The molecular weight excluding hydrogens is 298 g/mol. The minimum absolute atomic E-state index is 0.136. The molecule has 0 spiro atoms. The summed E-state index contributed by atoms with van der Waals surface area (Å²) in [5.41, 5.74) is 6.57. The molecule has 4 N–H and O–H groups in total. The van der Waals surface area contributed by atoms with E-state index in [9.17, 15) is 15.2 Å². The highest BCUT2D eigenvalue weighted by Gasteiger charge is 2.27. The Kier molecular flexibility index (Phi) is 4.18. The van der Waals surface area contributed by atoms with Crippen LogP contribution in [0.4, 0.5) is 11.4 Å². The molecule has 0 bridgehead atoms. The van der Waals surface area contributed by atoms with Crippen molar-refractivity contribution in [3.63, 3.8) is 0 Å². The highest BCUT2D eigenvalue weighted by atomic mass is 16.6. The average molecular weight is 315 g/mol. The van der Waals surface area contributed by atoms with Gasteiger partial charge in [-0.15, -0.1) is 0 Å². The number of piperidine rings is 1. The monoisotopic (exact) mass is 315 g/mol. The van der Waals surface area contributed by atoms with Crippen molar-refractivity contribution in [2.75, 3.05) is 6.54 Å². The van der Waals surface area contributed by atoms with Crippen molar-refractivity contribution in [1.82, 2.24) is 10.3 Å². The van der Waals surface area contributed by atoms with Gasteiger partial charge in [-0.2, -0.15) is 0 Å². The third-order valence-electron chi connectivity index (χ3n) is 3.91. The summed E-state index contributed by atoms with van der Waals surface area (Å²) in [4.78, 5) is 19.1. The first-order chi connectivity index (χ1) is 11.1. The highest BCUT2D eigenvalue weighted by Crippen LogP contribution is 2.34. The highest BCUT2D eigenvalue weighted by molar-refractivity contribution is 5.99. The minimum atomic E-state index is -0.653. The first kappa shape index (κ1) is 15.3. The Labute approximate surface area is 132 Å². The number of hydrogen-bond acceptors (Lipinski definition) is 6. The molecule has 1 aliphatic heterocycles. The number of rotatable bonds is 3. The number of aliphatic hydroxyl groups is 1. The lowest BCUT2D eigenvalue weighted by Crippen LogP contribution is -2.52. The molecule has 1 fully saturated rings. The van der Waals surface area contributed by atoms with Gasteiger partial charge in [-0.05, 0) is 25.5 Å². The van der Waals surface area contributed by atoms with Crippen molar-refractivity contribution in [2.45, 2.75) is 25.0 Å². The molecule has 2 heterocycles. The van der Waals surface area contributed by atoms with E-state index < -0.39 is 17.1 Å². The molecule has 120 valence electrons. The van der Waals surface area contributed by atoms with Crippen molar-refractivity contribution in [2.24, 2.45) is 10.7 Å². The second-order valence-corrected chi connectivity index (χ2v) is 5.44. The minimum Gasteiger partial charge on any atom is -0.391 e. The predicted octanol–water partition coefficient (Wildman–Crippen LogP) is 1.24. The summed E-state index contributed by atoms with van der Waals surface area (Å²) >= 11 is 0. The molecule has 8 nitrogen and oxygen atoms in total. The fourth-order valence-electron chi connectivity index (χ4n) is 2.74. The second-order valence-electron chi connectivity index (χ2n) is 5.44. The fourth-order valence-corrected chi connectivity index (χ4v) is 2.74. The van der Waals surface area contributed by atoms with E-state index in [-0.39, 0.29) is 17.2 Å². The Balaban J connectivity index is 2.11. The zero-order valence-corrected chi connectivity index (χ0v) is 12.3. The van der Waals surface area contributed by atoms with E-state index in [2.05, 4.69) is 15.3 Å². The predicted molar refractivity (Wildman–Crippen MR) is 86.7 cm³/mol. The number of hydrogen-bond donors (Lipinski definition) is 3. The van der Waals surface area contributed by atoms with Crippen molar-refractivity contribution in [3.8, 4) is 0 Å². The Hall–Kier alpha value is -2.58. The second kappa shape index (κ2) is 6.27. The zero-order valence-electron chi connectivity index (χ0n) is 12.3. The number of aliphatic hydroxyl groups excluding tert-OH is 1. The van der Waals surface area contributed by atoms with Crippen LogP contribution in [0.3, 0.4) is 0 Å². The molecule has 0 radical (unpaired) electrons. The lowest BCUT2D eigenvalue weighted by Gasteiger charge is -2.28. The Morgan fingerprint density at radius 1 is 1.48 bits per heavy atom. The van der Waals surface area contributed by atoms with Crippen LogP contribution in [0.25, 0.3) is 10.9 Å². The molecule has 0 saturated carbocycles. The number of fused-ring (bicyclic) bond motifs is 1. The summed E-state index contributed by atoms with van der Waals surface area (Å²) in [6, 6.07) is 6.52. The average Bonchev–Trinajstić information content (AvgIpc) is 2.55. The van der Waals surface area contributed by atoms with Crippen molar-refractivity contribution in [1.29, 1.82) is 0 Å². The maximum absolute atomic E-state index is 11.3. The summed E-state index contributed by atoms with van der Waals surface area (Å²) < 4.78 is 0. The number of para-hydroxylation sites is 1. The van der Waals surface area contributed by atoms with E-state index >= 15 is 0 Å². The van der Waals surface area contributed by atoms with E-state index in [1.54, 1.807) is 24.3 Å². The molecule has 1 aromatic carbocycles. The summed E-state index contributed by atoms with van der Waals surface area (Å²) in [6.07, 6.45) is 2.00. The van der Waals surface area contributed by atoms with Gasteiger partial charge in [0.05, 0.1) is 22.6 Å². The number of nitrogens with zero attached hydrogens (tertiary/aromatic N) is 3. The van der Waals surface area contributed by atoms with Crippen LogP contribution in [0.15, 0.2) is 35.5 Å². The zero-order chi connectivity index (χ0) is 16.4. The smallest absolute Gasteiger partial charge is 0.313 e. The molecule has 1 saturated heterocycles. The largest absolute Gasteiger partial charge is 0.391 e. The molecule has 2 aromatic rings. The molecule has 8 heteroatoms. The van der Waals surface area contributed by atoms with Gasteiger partial charge >= 0.3 is 5.69 Å². The molecule has 0 aliphatic carbocycles. The van der Waals surface area contributed by atoms with E-state index in [4.69, 9.17) is 5.73 Å². The third kappa shape index (κ3) is 2.99. The first-order valence-electron chi connectivity index (χ1n) is 7.35. The maximum atomic E-state index is 11.3. The van der Waals surface area contributed by atoms with Crippen LogP contribution in [0.5, 0.6) is 0 Å². The Morgan fingerprint density at radius 2 is 2.26 bits per heavy atom. The van der Waals surface area contributed by atoms with E-state index in [1.807, 2.05) is 0 Å². The van der Waals surface area contributed by atoms with Gasteiger partial charge in [0.1, 0.15) is 12.0 Å². The SMILES string of the molecule is NC(=Nc1c([N+](=O)[O-])cnc2ccccc12)C1NCCCC1O. The normalized spacial score (nSPS) is 22.2. The standard InChI is InChI=1S/C15H17N5O3/c16-15(14-12(21)6-3-7-17-14)19-13-9-4-1-2-5-10(9)18-8-11(13)20(22)23/h1-2,4-5,8,12,14,17,21H,3,6-7H2,(H2,16,18,19). The van der Waals surface area contributed by atoms with E-state index in [0.29, 0.717) is 17.3 Å². The third-order valence-corrected chi connectivity index (χ3v) is 3.91. The van der Waals surface area contributed by atoms with Crippen LogP contribution in [0.1, 0.15) is 12.8 Å². The number of pyridine rings is 1. The Bertz CT molecular complexity index is 777. The molecule has 1 aliphatic rings. The molecular formula is C15H17N5O3. The number of nitrogens with two attached hydrogens (primary N) is 1. The van der Waals surface area contributed by atoms with E-state index in [1.165, 1.54) is 6.20 Å². The summed E-state index contributed by atoms with van der Waals surface area (Å²) in [5, 5.41) is 25.0. The fraction of sp³-hybridized carbons (Fsp3) is 0.333. The molecule has 23 heavy (non-hydrogen) atoms. The molecule has 1 aromatic heterocycles. The van der Waals surface area contributed by atoms with Crippen LogP contribution < -0.4 is 11.1 Å². The van der Waals surface area contributed by atoms with Gasteiger partial charge in [0.15, 0.2) is 5.69 Å². The van der Waals surface area contributed by atoms with Crippen LogP contribution in [-0.2, 0) is 0 Å². The lowest BCUT2D eigenvalue weighted by atomic mass is 10.0. The molecule has 2 atom stereocenters. The van der Waals surface area contributed by atoms with Crippen LogP contribution in [0.2, 0.25) is 0 Å². The van der Waals surface area contributed by atoms with Gasteiger partial charge in [0, 0.05) is 5.39 Å². The number of amidine groups is 1. The van der Waals surface area contributed by atoms with Crippen molar-refractivity contribution >= 4 is 28.1 Å². The molecule has 3 rings (SSSR count). The van der Waals surface area contributed by atoms with Crippen LogP contribution in [0, 0.1) is 10.1 Å². The number of aromatic nitrogens is 1. The molecule has 0 amide bonds. The maximum Gasteiger partial charge on any atom is 0.313 e. The van der Waals surface area contributed by atoms with Gasteiger partial charge in [-0.3, -0.25) is 10.1 Å². The quantitative estimate of drug-likeness (QED) is 0.338. The van der Waals surface area contributed by atoms with Crippen LogP contribution >= 0.6 is 0 Å². The van der Waals surface area contributed by atoms with Gasteiger partial charge in [0.25, 0.3) is 0 Å². The van der Waals surface area contributed by atoms with Gasteiger partial charge in [-0.25, -0.2) is 9.98 Å². The van der Waals surface area contributed by atoms with Gasteiger partial charge in [-0.1, -0.05) is 18.2 Å². The van der Waals surface area contributed by atoms with Gasteiger partial charge < -0.3 is 16.2 Å². The van der Waals surface area contributed by atoms with Crippen LogP contribution in [-0.4, -0.2) is 39.5 Å². The topological polar surface area (TPSA) is 127 Å². The van der Waals surface area contributed by atoms with Gasteiger partial charge in [0.2, 0.25) is 0 Å². The molecule has 2 unspecified atom stereocenters. The van der Waals surface area contributed by atoms with E-state index in [0.717, 1.165) is 13.0 Å². The summed E-state index contributed by atoms with van der Waals surface area (Å²) in [6.45, 7) is 0.719. The first-order valence-corrected chi connectivity index (χ1v) is 7.35. The Morgan fingerprint density at radius 3 is 3.00 bits per heavy atom. The summed E-state index contributed by atoms with van der Waals surface area (Å²) in [7, 11) is 0. The number of benzene rings is 1. The number of aliphatic imine (C=N–C) groups is 1. The number of nitro groups is 1. The number of nitrogens with one attached hydrogen (secondary N) is 1. The lowest BCUT2D eigenvalue weighted by molar-refractivity contribution is -0.384. The summed E-state index contributed by atoms with van der Waals surface area (Å²) in [5.74, 6) is 0.136. The van der Waals surface area contributed by atoms with Crippen molar-refractivity contribution in [3.05, 3.63) is 40.6 Å².